The van der Waals surface area contributed by atoms with Crippen LogP contribution in [-0.2, 0) is 11.8 Å². The molecule has 1 unspecified atom stereocenters. The molecular formula is C15H16FN3O2. The zero-order chi connectivity index (χ0) is 15.1. The van der Waals surface area contributed by atoms with Crippen LogP contribution in [-0.4, -0.2) is 22.8 Å². The van der Waals surface area contributed by atoms with Gasteiger partial charge in [-0.15, -0.1) is 0 Å². The number of hydrogen-bond donors (Lipinski definition) is 1. The fraction of sp³-hybridized carbons (Fsp3) is 0.333. The number of nitrogens with zero attached hydrogens (tertiary/aromatic N) is 2. The molecule has 21 heavy (non-hydrogen) atoms. The van der Waals surface area contributed by atoms with Crippen molar-refractivity contribution in [1.82, 2.24) is 9.78 Å². The Morgan fingerprint density at radius 3 is 2.90 bits per heavy atom. The maximum atomic E-state index is 14.3. The maximum absolute atomic E-state index is 14.3. The minimum atomic E-state index is -0.372. The fourth-order valence-corrected chi connectivity index (χ4v) is 2.89. The fourth-order valence-electron chi connectivity index (χ4n) is 2.89. The van der Waals surface area contributed by atoms with Gasteiger partial charge in [-0.25, -0.2) is 4.39 Å². The summed E-state index contributed by atoms with van der Waals surface area (Å²) in [6, 6.07) is 4.72. The summed E-state index contributed by atoms with van der Waals surface area (Å²) in [5.74, 6) is 0.269. The van der Waals surface area contributed by atoms with Gasteiger partial charge in [-0.1, -0.05) is 6.07 Å². The standard InChI is InChI=1S/C15H16FN3O2/c1-8-14-11(7-13(20)17-15(14)19(2)18-8)10-5-4-9(21-3)6-12(10)16/h4-6,11H,7H2,1-3H3,(H,17,20). The largest absolute Gasteiger partial charge is 0.497 e. The van der Waals surface area contributed by atoms with Gasteiger partial charge in [0.15, 0.2) is 0 Å². The Bertz CT molecular complexity index is 724. The van der Waals surface area contributed by atoms with E-state index in [4.69, 9.17) is 4.74 Å². The molecule has 1 N–H and O–H groups in total. The third kappa shape index (κ3) is 2.16. The van der Waals surface area contributed by atoms with Gasteiger partial charge in [-0.05, 0) is 18.6 Å². The summed E-state index contributed by atoms with van der Waals surface area (Å²) in [6.45, 7) is 1.87. The monoisotopic (exact) mass is 289 g/mol. The smallest absolute Gasteiger partial charge is 0.226 e. The lowest BCUT2D eigenvalue weighted by Crippen LogP contribution is -2.25. The first-order valence-electron chi connectivity index (χ1n) is 6.68. The first-order valence-corrected chi connectivity index (χ1v) is 6.68. The van der Waals surface area contributed by atoms with Gasteiger partial charge in [0.2, 0.25) is 5.91 Å². The molecule has 1 aliphatic rings. The third-order valence-electron chi connectivity index (χ3n) is 3.85. The highest BCUT2D eigenvalue weighted by atomic mass is 19.1. The first kappa shape index (κ1) is 13.6. The van der Waals surface area contributed by atoms with Gasteiger partial charge in [0.25, 0.3) is 0 Å². The number of methoxy groups -OCH3 is 1. The zero-order valence-corrected chi connectivity index (χ0v) is 12.1. The van der Waals surface area contributed by atoms with Gasteiger partial charge in [0.1, 0.15) is 17.4 Å². The summed E-state index contributed by atoms with van der Waals surface area (Å²) in [5.41, 5.74) is 2.16. The van der Waals surface area contributed by atoms with Crippen LogP contribution < -0.4 is 10.1 Å². The topological polar surface area (TPSA) is 56.1 Å². The number of aromatic nitrogens is 2. The van der Waals surface area contributed by atoms with Crippen LogP contribution in [0.1, 0.15) is 29.2 Å². The molecule has 110 valence electrons. The molecule has 0 spiro atoms. The molecule has 0 bridgehead atoms. The number of benzene rings is 1. The van der Waals surface area contributed by atoms with Crippen molar-refractivity contribution in [2.24, 2.45) is 7.05 Å². The Morgan fingerprint density at radius 2 is 2.24 bits per heavy atom. The molecule has 0 saturated heterocycles. The normalized spacial score (nSPS) is 17.3. The van der Waals surface area contributed by atoms with Crippen molar-refractivity contribution < 1.29 is 13.9 Å². The number of ether oxygens (including phenoxy) is 1. The van der Waals surface area contributed by atoms with Gasteiger partial charge in [0.05, 0.1) is 12.8 Å². The zero-order valence-electron chi connectivity index (χ0n) is 12.1. The van der Waals surface area contributed by atoms with E-state index in [-0.39, 0.29) is 24.1 Å². The highest BCUT2D eigenvalue weighted by molar-refractivity contribution is 5.94. The molecule has 3 rings (SSSR count). The number of hydrogen-bond acceptors (Lipinski definition) is 3. The van der Waals surface area contributed by atoms with E-state index in [1.165, 1.54) is 13.2 Å². The van der Waals surface area contributed by atoms with Crippen molar-refractivity contribution in [3.63, 3.8) is 0 Å². The van der Waals surface area contributed by atoms with Crippen LogP contribution in [0.2, 0.25) is 0 Å². The summed E-state index contributed by atoms with van der Waals surface area (Å²) >= 11 is 0. The summed E-state index contributed by atoms with van der Waals surface area (Å²) in [7, 11) is 3.25. The number of aryl methyl sites for hydroxylation is 2. The number of nitrogens with one attached hydrogen (secondary N) is 1. The number of amides is 1. The van der Waals surface area contributed by atoms with Gasteiger partial charge < -0.3 is 10.1 Å². The lowest BCUT2D eigenvalue weighted by molar-refractivity contribution is -0.116. The number of rotatable bonds is 2. The van der Waals surface area contributed by atoms with Crippen LogP contribution in [0.25, 0.3) is 0 Å². The molecule has 0 aliphatic carbocycles. The molecule has 0 radical (unpaired) electrons. The minimum absolute atomic E-state index is 0.134. The Balaban J connectivity index is 2.13. The van der Waals surface area contributed by atoms with E-state index < -0.39 is 0 Å². The van der Waals surface area contributed by atoms with E-state index in [1.54, 1.807) is 23.9 Å². The van der Waals surface area contributed by atoms with Gasteiger partial charge >= 0.3 is 0 Å². The Kier molecular flexibility index (Phi) is 3.16. The molecule has 1 amide bonds. The molecule has 1 aromatic carbocycles. The second-order valence-electron chi connectivity index (χ2n) is 5.16. The van der Waals surface area contributed by atoms with Crippen LogP contribution in [0.15, 0.2) is 18.2 Å². The summed E-state index contributed by atoms with van der Waals surface area (Å²) < 4.78 is 21.0. The van der Waals surface area contributed by atoms with Crippen LogP contribution in [0.4, 0.5) is 10.2 Å². The van der Waals surface area contributed by atoms with Crippen LogP contribution in [0.5, 0.6) is 5.75 Å². The number of carbonyl (C=O) groups is 1. The van der Waals surface area contributed by atoms with Gasteiger partial charge in [-0.3, -0.25) is 9.48 Å². The second-order valence-corrected chi connectivity index (χ2v) is 5.16. The molecule has 1 aliphatic heterocycles. The van der Waals surface area contributed by atoms with E-state index in [1.807, 2.05) is 6.92 Å². The molecule has 1 atom stereocenters. The number of halogens is 1. The second kappa shape index (κ2) is 4.87. The SMILES string of the molecule is COc1ccc(C2CC(=O)Nc3c2c(C)nn3C)c(F)c1. The molecule has 2 aromatic rings. The molecule has 5 nitrogen and oxygen atoms in total. The Morgan fingerprint density at radius 1 is 1.48 bits per heavy atom. The van der Waals surface area contributed by atoms with Crippen molar-refractivity contribution in [3.8, 4) is 5.75 Å². The number of carbonyl (C=O) groups excluding carboxylic acids is 1. The van der Waals surface area contributed by atoms with Gasteiger partial charge in [-0.2, -0.15) is 5.10 Å². The third-order valence-corrected chi connectivity index (χ3v) is 3.85. The predicted octanol–water partition coefficient (Wildman–Crippen LogP) is 2.35. The Hall–Kier alpha value is -2.37. The van der Waals surface area contributed by atoms with Crippen molar-refractivity contribution in [3.05, 3.63) is 40.8 Å². The van der Waals surface area contributed by atoms with E-state index in [2.05, 4.69) is 10.4 Å². The molecule has 0 fully saturated rings. The van der Waals surface area contributed by atoms with Crippen molar-refractivity contribution in [1.29, 1.82) is 0 Å². The first-order chi connectivity index (χ1) is 10.0. The van der Waals surface area contributed by atoms with Crippen LogP contribution in [0.3, 0.4) is 0 Å². The van der Waals surface area contributed by atoms with Crippen molar-refractivity contribution in [2.45, 2.75) is 19.3 Å². The Labute approximate surface area is 121 Å². The maximum Gasteiger partial charge on any atom is 0.226 e. The number of fused-ring (bicyclic) bond motifs is 1. The summed E-state index contributed by atoms with van der Waals surface area (Å²) in [4.78, 5) is 11.9. The summed E-state index contributed by atoms with van der Waals surface area (Å²) in [6.07, 6.45) is 0.211. The average Bonchev–Trinajstić information content (AvgIpc) is 2.73. The molecule has 6 heteroatoms. The van der Waals surface area contributed by atoms with Crippen molar-refractivity contribution in [2.75, 3.05) is 12.4 Å². The van der Waals surface area contributed by atoms with E-state index in [9.17, 15) is 9.18 Å². The van der Waals surface area contributed by atoms with Crippen LogP contribution in [0, 0.1) is 12.7 Å². The predicted molar refractivity (Wildman–Crippen MR) is 76.0 cm³/mol. The molecule has 0 saturated carbocycles. The molecule has 1 aromatic heterocycles. The van der Waals surface area contributed by atoms with E-state index in [0.717, 1.165) is 11.3 Å². The highest BCUT2D eigenvalue weighted by Gasteiger charge is 2.33. The minimum Gasteiger partial charge on any atom is -0.497 e. The van der Waals surface area contributed by atoms with Crippen molar-refractivity contribution >= 4 is 11.7 Å². The summed E-state index contributed by atoms with van der Waals surface area (Å²) in [5, 5.41) is 7.13. The number of anilines is 1. The molecule has 2 heterocycles. The lowest BCUT2D eigenvalue weighted by atomic mass is 9.85. The van der Waals surface area contributed by atoms with Crippen LogP contribution >= 0.6 is 0 Å². The molecular weight excluding hydrogens is 273 g/mol. The highest BCUT2D eigenvalue weighted by Crippen LogP contribution is 2.40. The quantitative estimate of drug-likeness (QED) is 0.923. The van der Waals surface area contributed by atoms with E-state index in [0.29, 0.717) is 17.1 Å². The average molecular weight is 289 g/mol. The van der Waals surface area contributed by atoms with Gasteiger partial charge in [0, 0.05) is 31.0 Å². The van der Waals surface area contributed by atoms with E-state index >= 15 is 0 Å². The lowest BCUT2D eigenvalue weighted by Gasteiger charge is -2.24.